The molecule has 2 N–H and O–H groups in total. The standard InChI is InChI=1S/C13H20N4O4/c1-12(2,3)11-14-9(15-16-11)10(20)17-6-13(4,7-17)21-5-8(18)19/h5-7H2,1-4H3,(H,18,19)(H,14,15,16). The maximum absolute atomic E-state index is 12.2. The van der Waals surface area contributed by atoms with Crippen LogP contribution in [0.5, 0.6) is 0 Å². The number of hydrogen-bond acceptors (Lipinski definition) is 5. The fraction of sp³-hybridized carbons (Fsp3) is 0.692. The third kappa shape index (κ3) is 3.38. The minimum absolute atomic E-state index is 0.125. The second-order valence-electron chi connectivity index (χ2n) is 6.55. The van der Waals surface area contributed by atoms with Crippen molar-refractivity contribution in [2.24, 2.45) is 0 Å². The summed E-state index contributed by atoms with van der Waals surface area (Å²) in [4.78, 5) is 28.4. The molecule has 1 fully saturated rings. The third-order valence-corrected chi connectivity index (χ3v) is 3.27. The van der Waals surface area contributed by atoms with Gasteiger partial charge in [-0.2, -0.15) is 0 Å². The monoisotopic (exact) mass is 296 g/mol. The summed E-state index contributed by atoms with van der Waals surface area (Å²) in [7, 11) is 0. The van der Waals surface area contributed by atoms with Crippen LogP contribution in [0.4, 0.5) is 0 Å². The smallest absolute Gasteiger partial charge is 0.329 e. The Hall–Kier alpha value is -1.96. The van der Waals surface area contributed by atoms with Gasteiger partial charge in [-0.25, -0.2) is 9.78 Å². The topological polar surface area (TPSA) is 108 Å². The fourth-order valence-electron chi connectivity index (χ4n) is 2.07. The average Bonchev–Trinajstić information content (AvgIpc) is 2.81. The third-order valence-electron chi connectivity index (χ3n) is 3.27. The summed E-state index contributed by atoms with van der Waals surface area (Å²) in [5, 5.41) is 15.3. The van der Waals surface area contributed by atoms with E-state index >= 15 is 0 Å². The second kappa shape index (κ2) is 5.10. The van der Waals surface area contributed by atoms with E-state index in [1.54, 1.807) is 6.92 Å². The van der Waals surface area contributed by atoms with E-state index in [1.807, 2.05) is 20.8 Å². The molecule has 0 radical (unpaired) electrons. The maximum atomic E-state index is 12.2. The summed E-state index contributed by atoms with van der Waals surface area (Å²) in [6.07, 6.45) is 0. The number of amides is 1. The van der Waals surface area contributed by atoms with Crippen molar-refractivity contribution in [3.8, 4) is 0 Å². The van der Waals surface area contributed by atoms with E-state index in [2.05, 4.69) is 15.2 Å². The summed E-state index contributed by atoms with van der Waals surface area (Å²) in [5.41, 5.74) is -0.823. The van der Waals surface area contributed by atoms with E-state index < -0.39 is 11.6 Å². The lowest BCUT2D eigenvalue weighted by atomic mass is 9.95. The molecule has 1 saturated heterocycles. The molecule has 1 amide bonds. The zero-order valence-corrected chi connectivity index (χ0v) is 12.6. The van der Waals surface area contributed by atoms with Gasteiger partial charge in [0.15, 0.2) is 0 Å². The molecule has 1 aliphatic heterocycles. The van der Waals surface area contributed by atoms with Crippen LogP contribution in [0, 0.1) is 0 Å². The van der Waals surface area contributed by atoms with Crippen molar-refractivity contribution in [3.63, 3.8) is 0 Å². The summed E-state index contributed by atoms with van der Waals surface area (Å²) < 4.78 is 5.26. The van der Waals surface area contributed by atoms with Crippen LogP contribution in [-0.2, 0) is 14.9 Å². The van der Waals surface area contributed by atoms with Crippen molar-refractivity contribution in [2.45, 2.75) is 38.7 Å². The number of likely N-dealkylation sites (tertiary alicyclic amines) is 1. The van der Waals surface area contributed by atoms with Gasteiger partial charge in [-0.3, -0.25) is 9.89 Å². The van der Waals surface area contributed by atoms with Gasteiger partial charge in [-0.15, -0.1) is 5.10 Å². The van der Waals surface area contributed by atoms with Crippen LogP contribution in [0.1, 0.15) is 44.1 Å². The number of ether oxygens (including phenoxy) is 1. The molecule has 2 rings (SSSR count). The normalized spacial score (nSPS) is 17.4. The van der Waals surface area contributed by atoms with Crippen molar-refractivity contribution in [3.05, 3.63) is 11.6 Å². The number of aliphatic carboxylic acids is 1. The van der Waals surface area contributed by atoms with Crippen LogP contribution in [0.25, 0.3) is 0 Å². The number of carboxylic acid groups (broad SMARTS) is 1. The molecule has 116 valence electrons. The molecule has 1 aliphatic rings. The average molecular weight is 296 g/mol. The summed E-state index contributed by atoms with van der Waals surface area (Å²) in [6, 6.07) is 0. The van der Waals surface area contributed by atoms with Gasteiger partial charge in [0.2, 0.25) is 5.82 Å². The number of rotatable bonds is 4. The van der Waals surface area contributed by atoms with Gasteiger partial charge in [-0.05, 0) is 6.92 Å². The molecule has 0 spiro atoms. The first-order chi connectivity index (χ1) is 9.61. The Morgan fingerprint density at radius 3 is 2.52 bits per heavy atom. The predicted molar refractivity (Wildman–Crippen MR) is 73.0 cm³/mol. The number of hydrogen-bond donors (Lipinski definition) is 2. The zero-order chi connectivity index (χ0) is 15.8. The van der Waals surface area contributed by atoms with Crippen LogP contribution in [0.3, 0.4) is 0 Å². The number of carboxylic acids is 1. The van der Waals surface area contributed by atoms with E-state index in [4.69, 9.17) is 9.84 Å². The highest BCUT2D eigenvalue weighted by Gasteiger charge is 2.44. The largest absolute Gasteiger partial charge is 0.480 e. The molecule has 0 bridgehead atoms. The number of nitrogens with zero attached hydrogens (tertiary/aromatic N) is 3. The van der Waals surface area contributed by atoms with Crippen LogP contribution in [0.15, 0.2) is 0 Å². The lowest BCUT2D eigenvalue weighted by Gasteiger charge is -2.46. The Morgan fingerprint density at radius 1 is 1.43 bits per heavy atom. The first-order valence-electron chi connectivity index (χ1n) is 6.69. The van der Waals surface area contributed by atoms with Gasteiger partial charge in [-0.1, -0.05) is 20.8 Å². The number of carbonyl (C=O) groups is 2. The number of H-pyrrole nitrogens is 1. The molecular formula is C13H20N4O4. The highest BCUT2D eigenvalue weighted by molar-refractivity contribution is 5.91. The van der Waals surface area contributed by atoms with Crippen LogP contribution < -0.4 is 0 Å². The first kappa shape index (κ1) is 15.4. The summed E-state index contributed by atoms with van der Waals surface area (Å²) in [6.45, 7) is 8.00. The quantitative estimate of drug-likeness (QED) is 0.833. The molecule has 8 heteroatoms. The first-order valence-corrected chi connectivity index (χ1v) is 6.69. The summed E-state index contributed by atoms with van der Waals surface area (Å²) in [5.74, 6) is -0.528. The van der Waals surface area contributed by atoms with E-state index in [0.717, 1.165) is 0 Å². The molecule has 8 nitrogen and oxygen atoms in total. The Bertz CT molecular complexity index is 555. The molecule has 1 aromatic rings. The fourth-order valence-corrected chi connectivity index (χ4v) is 2.07. The predicted octanol–water partition coefficient (Wildman–Crippen LogP) is 0.418. The van der Waals surface area contributed by atoms with E-state index in [1.165, 1.54) is 4.90 Å². The Labute approximate surface area is 122 Å². The maximum Gasteiger partial charge on any atom is 0.329 e. The van der Waals surface area contributed by atoms with Crippen LogP contribution in [-0.4, -0.2) is 62.4 Å². The SMILES string of the molecule is CC1(OCC(=O)O)CN(C(=O)c2n[nH]c(C(C)(C)C)n2)C1. The lowest BCUT2D eigenvalue weighted by molar-refractivity contribution is -0.160. The van der Waals surface area contributed by atoms with Crippen LogP contribution in [0.2, 0.25) is 0 Å². The number of nitrogens with one attached hydrogen (secondary N) is 1. The minimum Gasteiger partial charge on any atom is -0.480 e. The lowest BCUT2D eigenvalue weighted by Crippen LogP contribution is -2.63. The number of aromatic amines is 1. The number of aromatic nitrogens is 3. The van der Waals surface area contributed by atoms with Gasteiger partial charge in [0.1, 0.15) is 18.0 Å². The van der Waals surface area contributed by atoms with E-state index in [-0.39, 0.29) is 23.8 Å². The summed E-state index contributed by atoms with van der Waals surface area (Å²) >= 11 is 0. The molecule has 0 saturated carbocycles. The van der Waals surface area contributed by atoms with Crippen molar-refractivity contribution < 1.29 is 19.4 Å². The molecule has 2 heterocycles. The van der Waals surface area contributed by atoms with Gasteiger partial charge < -0.3 is 14.7 Å². The highest BCUT2D eigenvalue weighted by atomic mass is 16.5. The number of carbonyl (C=O) groups excluding carboxylic acids is 1. The van der Waals surface area contributed by atoms with Gasteiger partial charge >= 0.3 is 5.97 Å². The minimum atomic E-state index is -1.02. The van der Waals surface area contributed by atoms with E-state index in [0.29, 0.717) is 18.9 Å². The van der Waals surface area contributed by atoms with Crippen molar-refractivity contribution in [1.82, 2.24) is 20.1 Å². The molecule has 0 aromatic carbocycles. The molecular weight excluding hydrogens is 276 g/mol. The van der Waals surface area contributed by atoms with Gasteiger partial charge in [0.05, 0.1) is 13.1 Å². The Balaban J connectivity index is 1.94. The van der Waals surface area contributed by atoms with Crippen LogP contribution >= 0.6 is 0 Å². The molecule has 0 atom stereocenters. The Kier molecular flexibility index (Phi) is 3.75. The van der Waals surface area contributed by atoms with Gasteiger partial charge in [0, 0.05) is 5.41 Å². The molecule has 0 aliphatic carbocycles. The Morgan fingerprint density at radius 2 is 2.05 bits per heavy atom. The van der Waals surface area contributed by atoms with Crippen molar-refractivity contribution in [2.75, 3.05) is 19.7 Å². The molecule has 1 aromatic heterocycles. The highest BCUT2D eigenvalue weighted by Crippen LogP contribution is 2.26. The zero-order valence-electron chi connectivity index (χ0n) is 12.6. The second-order valence-corrected chi connectivity index (χ2v) is 6.55. The molecule has 21 heavy (non-hydrogen) atoms. The van der Waals surface area contributed by atoms with Crippen molar-refractivity contribution >= 4 is 11.9 Å². The van der Waals surface area contributed by atoms with Gasteiger partial charge in [0.25, 0.3) is 5.91 Å². The van der Waals surface area contributed by atoms with E-state index in [9.17, 15) is 9.59 Å². The molecule has 0 unspecified atom stereocenters. The van der Waals surface area contributed by atoms with Crippen molar-refractivity contribution in [1.29, 1.82) is 0 Å².